The van der Waals surface area contributed by atoms with E-state index < -0.39 is 15.8 Å². The fourth-order valence-electron chi connectivity index (χ4n) is 2.89. The Hall–Kier alpha value is -1.52. The predicted molar refractivity (Wildman–Crippen MR) is 106 cm³/mol. The number of benzene rings is 2. The molecule has 26 heavy (non-hydrogen) atoms. The minimum atomic E-state index is -3.66. The summed E-state index contributed by atoms with van der Waals surface area (Å²) in [5, 5.41) is 2.88. The second-order valence-electron chi connectivity index (χ2n) is 6.13. The van der Waals surface area contributed by atoms with Gasteiger partial charge in [-0.05, 0) is 84.0 Å². The van der Waals surface area contributed by atoms with E-state index in [0.29, 0.717) is 12.8 Å². The van der Waals surface area contributed by atoms with Crippen molar-refractivity contribution < 1.29 is 17.6 Å². The van der Waals surface area contributed by atoms with Gasteiger partial charge in [-0.1, -0.05) is 0 Å². The van der Waals surface area contributed by atoms with Crippen LogP contribution in [0.2, 0.25) is 0 Å². The van der Waals surface area contributed by atoms with Gasteiger partial charge in [-0.25, -0.2) is 12.8 Å². The van der Waals surface area contributed by atoms with Gasteiger partial charge in [-0.15, -0.1) is 0 Å². The van der Waals surface area contributed by atoms with E-state index in [1.807, 2.05) is 24.3 Å². The molecule has 1 heterocycles. The van der Waals surface area contributed by atoms with Crippen molar-refractivity contribution in [3.8, 4) is 0 Å². The monoisotopic (exact) mass is 488 g/mol. The molecule has 0 aliphatic carbocycles. The second kappa shape index (κ2) is 8.01. The minimum Gasteiger partial charge on any atom is -0.326 e. The van der Waals surface area contributed by atoms with Gasteiger partial charge in [0, 0.05) is 28.3 Å². The quantitative estimate of drug-likeness (QED) is 0.671. The fourth-order valence-corrected chi connectivity index (χ4v) is 4.72. The van der Waals surface area contributed by atoms with Crippen molar-refractivity contribution in [2.45, 2.75) is 17.7 Å². The molecule has 5 nitrogen and oxygen atoms in total. The molecule has 0 unspecified atom stereocenters. The molecule has 3 rings (SSSR count). The average molecular weight is 488 g/mol. The summed E-state index contributed by atoms with van der Waals surface area (Å²) in [6.45, 7) is 0.537. The number of sulfonamides is 1. The highest BCUT2D eigenvalue weighted by Gasteiger charge is 2.32. The van der Waals surface area contributed by atoms with Gasteiger partial charge in [-0.2, -0.15) is 4.31 Å². The third kappa shape index (κ3) is 4.41. The fraction of sp³-hybridized carbons (Fsp3) is 0.278. The SMILES string of the molecule is O=C(Nc1ccc(I)cc1)C1CCN(S(=O)(=O)c2ccc(F)cc2)CC1. The van der Waals surface area contributed by atoms with Crippen LogP contribution in [0.25, 0.3) is 0 Å². The molecule has 0 saturated carbocycles. The number of rotatable bonds is 4. The van der Waals surface area contributed by atoms with Crippen LogP contribution < -0.4 is 5.32 Å². The number of nitrogens with one attached hydrogen (secondary N) is 1. The van der Waals surface area contributed by atoms with Crippen molar-refractivity contribution in [2.75, 3.05) is 18.4 Å². The Morgan fingerprint density at radius 3 is 2.19 bits per heavy atom. The van der Waals surface area contributed by atoms with Gasteiger partial charge in [0.25, 0.3) is 0 Å². The Bertz CT molecular complexity index is 878. The number of hydrogen-bond acceptors (Lipinski definition) is 3. The van der Waals surface area contributed by atoms with Crippen LogP contribution in [0.4, 0.5) is 10.1 Å². The molecule has 1 saturated heterocycles. The summed E-state index contributed by atoms with van der Waals surface area (Å²) in [5.74, 6) is -0.797. The van der Waals surface area contributed by atoms with Crippen molar-refractivity contribution in [1.82, 2.24) is 4.31 Å². The Kier molecular flexibility index (Phi) is 5.93. The number of carbonyl (C=O) groups is 1. The molecule has 1 aliphatic heterocycles. The Morgan fingerprint density at radius 2 is 1.62 bits per heavy atom. The van der Waals surface area contributed by atoms with E-state index in [9.17, 15) is 17.6 Å². The molecule has 0 bridgehead atoms. The first-order valence-corrected chi connectivity index (χ1v) is 10.7. The van der Waals surface area contributed by atoms with Crippen LogP contribution >= 0.6 is 22.6 Å². The number of hydrogen-bond donors (Lipinski definition) is 1. The first-order valence-electron chi connectivity index (χ1n) is 8.18. The van der Waals surface area contributed by atoms with E-state index in [4.69, 9.17) is 0 Å². The van der Waals surface area contributed by atoms with Crippen molar-refractivity contribution in [3.63, 3.8) is 0 Å². The molecule has 2 aromatic rings. The van der Waals surface area contributed by atoms with E-state index in [-0.39, 0.29) is 29.8 Å². The van der Waals surface area contributed by atoms with Crippen molar-refractivity contribution in [2.24, 2.45) is 5.92 Å². The number of piperidine rings is 1. The summed E-state index contributed by atoms with van der Waals surface area (Å²) in [6.07, 6.45) is 0.910. The van der Waals surface area contributed by atoms with Crippen LogP contribution in [0.15, 0.2) is 53.4 Å². The molecule has 1 fully saturated rings. The summed E-state index contributed by atoms with van der Waals surface area (Å²) >= 11 is 2.19. The molecular formula is C18H18FIN2O3S. The smallest absolute Gasteiger partial charge is 0.243 e. The van der Waals surface area contributed by atoms with Gasteiger partial charge >= 0.3 is 0 Å². The lowest BCUT2D eigenvalue weighted by atomic mass is 9.97. The van der Waals surface area contributed by atoms with E-state index in [1.165, 1.54) is 16.4 Å². The maximum Gasteiger partial charge on any atom is 0.243 e. The largest absolute Gasteiger partial charge is 0.326 e. The number of amides is 1. The van der Waals surface area contributed by atoms with Crippen molar-refractivity contribution in [1.29, 1.82) is 0 Å². The number of anilines is 1. The summed E-state index contributed by atoms with van der Waals surface area (Å²) in [4.78, 5) is 12.5. The van der Waals surface area contributed by atoms with Gasteiger partial charge in [-0.3, -0.25) is 4.79 Å². The van der Waals surface area contributed by atoms with Gasteiger partial charge < -0.3 is 5.32 Å². The Labute approximate surface area is 165 Å². The highest BCUT2D eigenvalue weighted by Crippen LogP contribution is 2.25. The van der Waals surface area contributed by atoms with Crippen molar-refractivity contribution >= 4 is 44.2 Å². The zero-order valence-electron chi connectivity index (χ0n) is 13.9. The maximum absolute atomic E-state index is 13.0. The minimum absolute atomic E-state index is 0.0701. The zero-order valence-corrected chi connectivity index (χ0v) is 16.8. The molecule has 0 aromatic heterocycles. The molecule has 138 valence electrons. The molecule has 2 aromatic carbocycles. The molecule has 0 atom stereocenters. The third-order valence-electron chi connectivity index (χ3n) is 4.39. The van der Waals surface area contributed by atoms with Gasteiger partial charge in [0.2, 0.25) is 15.9 Å². The number of carbonyl (C=O) groups excluding carboxylic acids is 1. The summed E-state index contributed by atoms with van der Waals surface area (Å²) < 4.78 is 40.6. The van der Waals surface area contributed by atoms with E-state index >= 15 is 0 Å². The average Bonchev–Trinajstić information content (AvgIpc) is 2.64. The van der Waals surface area contributed by atoms with E-state index in [2.05, 4.69) is 27.9 Å². The first kappa shape index (κ1) is 19.2. The van der Waals surface area contributed by atoms with Crippen LogP contribution in [0.5, 0.6) is 0 Å². The molecule has 8 heteroatoms. The van der Waals surface area contributed by atoms with Gasteiger partial charge in [0.05, 0.1) is 4.90 Å². The second-order valence-corrected chi connectivity index (χ2v) is 9.31. The van der Waals surface area contributed by atoms with E-state index in [0.717, 1.165) is 21.4 Å². The lowest BCUT2D eigenvalue weighted by molar-refractivity contribution is -0.120. The molecule has 0 radical (unpaired) electrons. The topological polar surface area (TPSA) is 66.5 Å². The normalized spacial score (nSPS) is 16.4. The third-order valence-corrected chi connectivity index (χ3v) is 7.02. The zero-order chi connectivity index (χ0) is 18.7. The number of nitrogens with zero attached hydrogens (tertiary/aromatic N) is 1. The molecule has 1 N–H and O–H groups in total. The summed E-state index contributed by atoms with van der Waals surface area (Å²) in [6, 6.07) is 12.3. The van der Waals surface area contributed by atoms with Crippen LogP contribution in [-0.2, 0) is 14.8 Å². The molecular weight excluding hydrogens is 470 g/mol. The van der Waals surface area contributed by atoms with Crippen molar-refractivity contribution in [3.05, 3.63) is 57.9 Å². The first-order chi connectivity index (χ1) is 12.4. The van der Waals surface area contributed by atoms with Gasteiger partial charge in [0.15, 0.2) is 0 Å². The van der Waals surface area contributed by atoms with Crippen LogP contribution in [0, 0.1) is 15.3 Å². The maximum atomic E-state index is 13.0. The highest BCUT2D eigenvalue weighted by atomic mass is 127. The summed E-state index contributed by atoms with van der Waals surface area (Å²) in [7, 11) is -3.66. The Balaban J connectivity index is 1.60. The lowest BCUT2D eigenvalue weighted by Crippen LogP contribution is -2.41. The van der Waals surface area contributed by atoms with Crippen LogP contribution in [-0.4, -0.2) is 31.7 Å². The highest BCUT2D eigenvalue weighted by molar-refractivity contribution is 14.1. The summed E-state index contributed by atoms with van der Waals surface area (Å²) in [5.41, 5.74) is 0.733. The lowest BCUT2D eigenvalue weighted by Gasteiger charge is -2.30. The Morgan fingerprint density at radius 1 is 1.04 bits per heavy atom. The van der Waals surface area contributed by atoms with Gasteiger partial charge in [0.1, 0.15) is 5.82 Å². The van der Waals surface area contributed by atoms with E-state index in [1.54, 1.807) is 0 Å². The molecule has 1 amide bonds. The standard InChI is InChI=1S/C18H18FIN2O3S/c19-14-1-7-17(8-2-14)26(24,25)22-11-9-13(10-12-22)18(23)21-16-5-3-15(20)4-6-16/h1-8,13H,9-12H2,(H,21,23). The van der Waals surface area contributed by atoms with Crippen LogP contribution in [0.3, 0.4) is 0 Å². The van der Waals surface area contributed by atoms with Crippen LogP contribution in [0.1, 0.15) is 12.8 Å². The molecule has 0 spiro atoms. The predicted octanol–water partition coefficient (Wildman–Crippen LogP) is 3.47. The molecule has 1 aliphatic rings. The number of halogens is 2.